The molecule has 0 spiro atoms. The van der Waals surface area contributed by atoms with Gasteiger partial charge in [-0.05, 0) is 0 Å². The molecule has 0 atom stereocenters. The fraction of sp³-hybridized carbons (Fsp3) is 0.538. The second kappa shape index (κ2) is 24.0. The molecule has 0 heterocycles. The topological polar surface area (TPSA) is 130 Å². The third-order valence-corrected chi connectivity index (χ3v) is 4.75. The molecule has 0 bridgehead atoms. The van der Waals surface area contributed by atoms with E-state index in [4.69, 9.17) is 28.4 Å². The van der Waals surface area contributed by atoms with E-state index in [0.717, 1.165) is 24.3 Å². The van der Waals surface area contributed by atoms with E-state index in [2.05, 4.69) is 26.3 Å². The molecule has 0 N–H and O–H groups in total. The van der Waals surface area contributed by atoms with Crippen LogP contribution < -0.4 is 0 Å². The summed E-state index contributed by atoms with van der Waals surface area (Å²) in [7, 11) is 0. The maximum Gasteiger partial charge on any atom is 0.330 e. The number of ether oxygens (including phenoxy) is 6. The maximum absolute atomic E-state index is 11.2. The highest BCUT2D eigenvalue weighted by molar-refractivity contribution is 5.82. The Morgan fingerprint density at radius 1 is 0.421 bits per heavy atom. The second-order valence-corrected chi connectivity index (χ2v) is 7.39. The van der Waals surface area contributed by atoms with Crippen molar-refractivity contribution >= 4 is 23.9 Å². The van der Waals surface area contributed by atoms with Crippen LogP contribution in [0.25, 0.3) is 0 Å². The molecule has 0 unspecified atom stereocenters. The lowest BCUT2D eigenvalue weighted by Crippen LogP contribution is -2.35. The first-order valence-electron chi connectivity index (χ1n) is 12.1. The molecular weight excluding hydrogens is 500 g/mol. The van der Waals surface area contributed by atoms with Gasteiger partial charge in [0.25, 0.3) is 0 Å². The highest BCUT2D eigenvalue weighted by Crippen LogP contribution is 1.95. The van der Waals surface area contributed by atoms with Gasteiger partial charge in [0.05, 0.1) is 26.4 Å². The average molecular weight is 541 g/mol. The van der Waals surface area contributed by atoms with Crippen LogP contribution in [0.2, 0.25) is 0 Å². The zero-order chi connectivity index (χ0) is 28.4. The molecule has 0 rings (SSSR count). The number of nitrogens with zero attached hydrogens (tertiary/aromatic N) is 2. The standard InChI is InChI=1S/C26H40N2O10/c1-5-23(29)35-17-11-27(12-18-36-24(30)6-2)9-15-33-21-22-34-16-10-28(13-19-37-25(31)7-3)14-20-38-26(32)8-4/h5-8H,1-4,9-22H2. The Bertz CT molecular complexity index is 642. The monoisotopic (exact) mass is 540 g/mol. The van der Waals surface area contributed by atoms with Crippen molar-refractivity contribution < 1.29 is 47.6 Å². The molecule has 0 amide bonds. The van der Waals surface area contributed by atoms with E-state index in [9.17, 15) is 19.2 Å². The van der Waals surface area contributed by atoms with Gasteiger partial charge in [-0.2, -0.15) is 0 Å². The van der Waals surface area contributed by atoms with Gasteiger partial charge in [-0.25, -0.2) is 19.2 Å². The molecule has 0 aliphatic heterocycles. The first-order chi connectivity index (χ1) is 18.4. The lowest BCUT2D eigenvalue weighted by Gasteiger charge is -2.22. The molecule has 0 saturated heterocycles. The number of carbonyl (C=O) groups is 4. The molecule has 38 heavy (non-hydrogen) atoms. The minimum absolute atomic E-state index is 0.166. The minimum Gasteiger partial charge on any atom is -0.461 e. The summed E-state index contributed by atoms with van der Waals surface area (Å²) in [4.78, 5) is 48.7. The zero-order valence-electron chi connectivity index (χ0n) is 22.0. The number of hydrogen-bond acceptors (Lipinski definition) is 12. The third kappa shape index (κ3) is 20.8. The lowest BCUT2D eigenvalue weighted by atomic mass is 10.4. The van der Waals surface area contributed by atoms with Gasteiger partial charge in [0.2, 0.25) is 0 Å². The van der Waals surface area contributed by atoms with Crippen LogP contribution in [0.5, 0.6) is 0 Å². The fourth-order valence-electron chi connectivity index (χ4n) is 2.72. The Labute approximate surface area is 224 Å². The molecule has 0 aliphatic carbocycles. The molecule has 0 aromatic heterocycles. The summed E-state index contributed by atoms with van der Waals surface area (Å²) in [5.74, 6) is -2.03. The summed E-state index contributed by atoms with van der Waals surface area (Å²) in [5.41, 5.74) is 0. The minimum atomic E-state index is -0.509. The molecule has 0 radical (unpaired) electrons. The quantitative estimate of drug-likeness (QED) is 0.0693. The fourth-order valence-corrected chi connectivity index (χ4v) is 2.72. The largest absolute Gasteiger partial charge is 0.461 e. The maximum atomic E-state index is 11.2. The summed E-state index contributed by atoms with van der Waals surface area (Å²) in [6.07, 6.45) is 4.36. The van der Waals surface area contributed by atoms with Gasteiger partial charge in [0, 0.05) is 63.6 Å². The van der Waals surface area contributed by atoms with E-state index in [1.165, 1.54) is 0 Å². The number of carbonyl (C=O) groups excluding carboxylic acids is 4. The summed E-state index contributed by atoms with van der Waals surface area (Å²) in [6, 6.07) is 0. The SMILES string of the molecule is C=CC(=O)OCCN(CCOCCOCCN(CCOC(=O)C=C)CCOC(=O)C=C)CCOC(=O)C=C. The third-order valence-electron chi connectivity index (χ3n) is 4.75. The van der Waals surface area contributed by atoms with Crippen LogP contribution in [-0.2, 0) is 47.6 Å². The van der Waals surface area contributed by atoms with E-state index < -0.39 is 23.9 Å². The van der Waals surface area contributed by atoms with E-state index in [1.54, 1.807) is 0 Å². The zero-order valence-corrected chi connectivity index (χ0v) is 22.0. The van der Waals surface area contributed by atoms with E-state index >= 15 is 0 Å². The average Bonchev–Trinajstić information content (AvgIpc) is 2.92. The van der Waals surface area contributed by atoms with Crippen LogP contribution in [0.3, 0.4) is 0 Å². The smallest absolute Gasteiger partial charge is 0.330 e. The highest BCUT2D eigenvalue weighted by Gasteiger charge is 2.09. The molecule has 0 fully saturated rings. The van der Waals surface area contributed by atoms with Crippen LogP contribution in [0.15, 0.2) is 50.6 Å². The Morgan fingerprint density at radius 3 is 0.895 bits per heavy atom. The molecule has 0 aliphatic rings. The van der Waals surface area contributed by atoms with E-state index in [-0.39, 0.29) is 26.4 Å². The summed E-state index contributed by atoms with van der Waals surface area (Å²) in [6.45, 7) is 18.4. The number of hydrogen-bond donors (Lipinski definition) is 0. The summed E-state index contributed by atoms with van der Waals surface area (Å²) < 4.78 is 31.2. The Kier molecular flexibility index (Phi) is 21.9. The van der Waals surface area contributed by atoms with Crippen LogP contribution >= 0.6 is 0 Å². The van der Waals surface area contributed by atoms with Crippen molar-refractivity contribution in [2.75, 3.05) is 92.1 Å². The van der Waals surface area contributed by atoms with Crippen molar-refractivity contribution in [3.05, 3.63) is 50.6 Å². The van der Waals surface area contributed by atoms with Gasteiger partial charge in [-0.1, -0.05) is 26.3 Å². The van der Waals surface area contributed by atoms with Crippen molar-refractivity contribution in [2.45, 2.75) is 0 Å². The van der Waals surface area contributed by atoms with Gasteiger partial charge in [-0.3, -0.25) is 9.80 Å². The Balaban J connectivity index is 4.25. The summed E-state index contributed by atoms with van der Waals surface area (Å²) >= 11 is 0. The van der Waals surface area contributed by atoms with Crippen molar-refractivity contribution in [2.24, 2.45) is 0 Å². The predicted octanol–water partition coefficient (Wildman–Crippen LogP) is 0.540. The van der Waals surface area contributed by atoms with Crippen LogP contribution in [-0.4, -0.2) is 126 Å². The first-order valence-corrected chi connectivity index (χ1v) is 12.1. The van der Waals surface area contributed by atoms with Gasteiger partial charge >= 0.3 is 23.9 Å². The number of rotatable bonds is 25. The van der Waals surface area contributed by atoms with Crippen LogP contribution in [0.1, 0.15) is 0 Å². The molecule has 214 valence electrons. The van der Waals surface area contributed by atoms with Crippen LogP contribution in [0, 0.1) is 0 Å². The van der Waals surface area contributed by atoms with Gasteiger partial charge in [0.1, 0.15) is 26.4 Å². The Hall–Kier alpha value is -3.32. The molecular formula is C26H40N2O10. The van der Waals surface area contributed by atoms with E-state index in [1.807, 2.05) is 9.80 Å². The van der Waals surface area contributed by atoms with Crippen molar-refractivity contribution in [1.29, 1.82) is 0 Å². The highest BCUT2D eigenvalue weighted by atomic mass is 16.5. The lowest BCUT2D eigenvalue weighted by molar-refractivity contribution is -0.140. The first kappa shape index (κ1) is 34.7. The predicted molar refractivity (Wildman–Crippen MR) is 139 cm³/mol. The number of esters is 4. The van der Waals surface area contributed by atoms with Crippen molar-refractivity contribution in [3.63, 3.8) is 0 Å². The van der Waals surface area contributed by atoms with Crippen molar-refractivity contribution in [1.82, 2.24) is 9.80 Å². The van der Waals surface area contributed by atoms with Gasteiger partial charge < -0.3 is 28.4 Å². The van der Waals surface area contributed by atoms with Crippen molar-refractivity contribution in [3.8, 4) is 0 Å². The second-order valence-electron chi connectivity index (χ2n) is 7.39. The van der Waals surface area contributed by atoms with Gasteiger partial charge in [0.15, 0.2) is 0 Å². The Morgan fingerprint density at radius 2 is 0.658 bits per heavy atom. The summed E-state index contributed by atoms with van der Waals surface area (Å²) in [5, 5.41) is 0. The molecule has 0 aromatic carbocycles. The van der Waals surface area contributed by atoms with Gasteiger partial charge in [-0.15, -0.1) is 0 Å². The molecule has 0 aromatic rings. The van der Waals surface area contributed by atoms with Crippen LogP contribution in [0.4, 0.5) is 0 Å². The normalized spacial score (nSPS) is 10.5. The van der Waals surface area contributed by atoms with E-state index in [0.29, 0.717) is 65.7 Å². The molecule has 0 saturated carbocycles. The molecule has 12 heteroatoms. The molecule has 12 nitrogen and oxygen atoms in total.